The van der Waals surface area contributed by atoms with Crippen LogP contribution in [0.25, 0.3) is 33.4 Å². The molecule has 1 amide bonds. The molecule has 12 heteroatoms. The molecule has 0 fully saturated rings. The number of nitrogens with one attached hydrogen (secondary N) is 1. The van der Waals surface area contributed by atoms with Gasteiger partial charge in [-0.05, 0) is 36.4 Å². The third-order valence-corrected chi connectivity index (χ3v) is 5.33. The number of hydrogen-bond acceptors (Lipinski definition) is 6. The summed E-state index contributed by atoms with van der Waals surface area (Å²) in [4.78, 5) is 28.5. The third-order valence-electron chi connectivity index (χ3n) is 5.33. The normalized spacial score (nSPS) is 11.4. The van der Waals surface area contributed by atoms with Crippen LogP contribution in [0, 0.1) is 5.82 Å². The van der Waals surface area contributed by atoms with Crippen LogP contribution in [0.3, 0.4) is 0 Å². The highest BCUT2D eigenvalue weighted by molar-refractivity contribution is 6.12. The molecule has 4 aromatic rings. The number of halogens is 4. The maximum Gasteiger partial charge on any atom is 0.422 e. The third kappa shape index (κ3) is 5.17. The van der Waals surface area contributed by atoms with Gasteiger partial charge in [0.05, 0.1) is 12.7 Å². The average Bonchev–Trinajstić information content (AvgIpc) is 3.24. The first kappa shape index (κ1) is 25.5. The molecule has 2 aromatic heterocycles. The number of benzene rings is 2. The summed E-state index contributed by atoms with van der Waals surface area (Å²) < 4.78 is 68.3. The maximum absolute atomic E-state index is 13.5. The molecule has 0 aliphatic rings. The minimum atomic E-state index is -4.67. The maximum atomic E-state index is 13.5. The number of methoxy groups -OCH3 is 1. The Bertz CT molecular complexity index is 1500. The number of pyridine rings is 1. The van der Waals surface area contributed by atoms with Gasteiger partial charge < -0.3 is 24.3 Å². The molecule has 0 radical (unpaired) electrons. The van der Waals surface area contributed by atoms with Gasteiger partial charge >= 0.3 is 12.1 Å². The van der Waals surface area contributed by atoms with Crippen molar-refractivity contribution in [2.75, 3.05) is 20.8 Å². The van der Waals surface area contributed by atoms with E-state index >= 15 is 0 Å². The van der Waals surface area contributed by atoms with Crippen LogP contribution in [0.4, 0.5) is 17.6 Å². The number of alkyl halides is 3. The van der Waals surface area contributed by atoms with Gasteiger partial charge in [-0.15, -0.1) is 0 Å². The number of aromatic carboxylic acids is 1. The van der Waals surface area contributed by atoms with Crippen molar-refractivity contribution in [2.45, 2.75) is 6.18 Å². The first-order valence-electron chi connectivity index (χ1n) is 10.6. The summed E-state index contributed by atoms with van der Waals surface area (Å²) in [6.45, 7) is -1.64. The Labute approximate surface area is 206 Å². The number of aromatic nitrogens is 1. The Morgan fingerprint density at radius 2 is 1.81 bits per heavy atom. The van der Waals surface area contributed by atoms with Crippen molar-refractivity contribution < 1.29 is 46.1 Å². The van der Waals surface area contributed by atoms with E-state index in [4.69, 9.17) is 13.9 Å². The summed E-state index contributed by atoms with van der Waals surface area (Å²) in [6, 6.07) is 8.77. The van der Waals surface area contributed by atoms with Crippen molar-refractivity contribution in [3.05, 3.63) is 65.6 Å². The number of furan rings is 1. The monoisotopic (exact) mass is 518 g/mol. The number of ether oxygens (including phenoxy) is 2. The Balaban J connectivity index is 2.00. The minimum Gasteiger partial charge on any atom is -0.483 e. The van der Waals surface area contributed by atoms with Crippen LogP contribution in [-0.4, -0.2) is 48.9 Å². The number of rotatable bonds is 7. The Morgan fingerprint density at radius 1 is 1.11 bits per heavy atom. The lowest BCUT2D eigenvalue weighted by atomic mass is 9.99. The number of carboxylic acids is 1. The Morgan fingerprint density at radius 3 is 2.41 bits per heavy atom. The van der Waals surface area contributed by atoms with Crippen LogP contribution in [0.5, 0.6) is 11.6 Å². The predicted molar refractivity (Wildman–Crippen MR) is 123 cm³/mol. The van der Waals surface area contributed by atoms with Gasteiger partial charge in [-0.2, -0.15) is 13.2 Å². The second kappa shape index (κ2) is 9.80. The molecule has 37 heavy (non-hydrogen) atoms. The van der Waals surface area contributed by atoms with Gasteiger partial charge in [0.15, 0.2) is 6.61 Å². The molecule has 0 bridgehead atoms. The van der Waals surface area contributed by atoms with Crippen LogP contribution in [-0.2, 0) is 0 Å². The molecule has 0 unspecified atom stereocenters. The van der Waals surface area contributed by atoms with Gasteiger partial charge in [0.25, 0.3) is 5.91 Å². The van der Waals surface area contributed by atoms with E-state index in [0.29, 0.717) is 5.56 Å². The number of fused-ring (bicyclic) bond motifs is 1. The summed E-state index contributed by atoms with van der Waals surface area (Å²) in [5, 5.41) is 12.2. The zero-order chi connectivity index (χ0) is 26.9. The molecule has 0 saturated carbocycles. The van der Waals surface area contributed by atoms with E-state index < -0.39 is 30.5 Å². The van der Waals surface area contributed by atoms with Gasteiger partial charge in [0.1, 0.15) is 28.5 Å². The first-order chi connectivity index (χ1) is 17.5. The van der Waals surface area contributed by atoms with Crippen LogP contribution in [0.1, 0.15) is 20.7 Å². The SMILES string of the molecule is CNC(=O)c1c(-c2ccc(F)cc2)oc2cc(OCC(F)(F)F)c(-c3cnc(OC)c(C(=O)O)c3)cc12. The fourth-order valence-corrected chi connectivity index (χ4v) is 3.70. The molecule has 0 saturated heterocycles. The van der Waals surface area contributed by atoms with Crippen LogP contribution < -0.4 is 14.8 Å². The Hall–Kier alpha value is -4.61. The molecule has 0 spiro atoms. The number of carboxylic acid groups (broad SMARTS) is 1. The largest absolute Gasteiger partial charge is 0.483 e. The molecule has 4 rings (SSSR count). The van der Waals surface area contributed by atoms with Crippen LogP contribution in [0.2, 0.25) is 0 Å². The molecule has 0 aliphatic heterocycles. The fourth-order valence-electron chi connectivity index (χ4n) is 3.70. The highest BCUT2D eigenvalue weighted by atomic mass is 19.4. The van der Waals surface area contributed by atoms with Crippen molar-refractivity contribution in [3.8, 4) is 34.1 Å². The van der Waals surface area contributed by atoms with Gasteiger partial charge in [0, 0.05) is 41.4 Å². The van der Waals surface area contributed by atoms with E-state index in [1.54, 1.807) is 0 Å². The van der Waals surface area contributed by atoms with Gasteiger partial charge in [-0.1, -0.05) is 0 Å². The molecule has 2 N–H and O–H groups in total. The lowest BCUT2D eigenvalue weighted by Gasteiger charge is -2.14. The highest BCUT2D eigenvalue weighted by Crippen LogP contribution is 2.41. The number of amides is 1. The van der Waals surface area contributed by atoms with E-state index in [1.165, 1.54) is 44.6 Å². The van der Waals surface area contributed by atoms with E-state index in [9.17, 15) is 32.3 Å². The van der Waals surface area contributed by atoms with Crippen molar-refractivity contribution in [1.29, 1.82) is 0 Å². The zero-order valence-corrected chi connectivity index (χ0v) is 19.3. The van der Waals surface area contributed by atoms with Crippen LogP contribution >= 0.6 is 0 Å². The summed E-state index contributed by atoms with van der Waals surface area (Å²) in [5.41, 5.74) is 0.157. The summed E-state index contributed by atoms with van der Waals surface area (Å²) in [7, 11) is 2.60. The van der Waals surface area contributed by atoms with Crippen molar-refractivity contribution >= 4 is 22.8 Å². The molecule has 8 nitrogen and oxygen atoms in total. The topological polar surface area (TPSA) is 111 Å². The van der Waals surface area contributed by atoms with Crippen LogP contribution in [0.15, 0.2) is 53.1 Å². The van der Waals surface area contributed by atoms with Crippen molar-refractivity contribution in [2.24, 2.45) is 0 Å². The van der Waals surface area contributed by atoms with Crippen molar-refractivity contribution in [1.82, 2.24) is 10.3 Å². The average molecular weight is 518 g/mol. The zero-order valence-electron chi connectivity index (χ0n) is 19.3. The number of carbonyl (C=O) groups is 2. The second-order valence-electron chi connectivity index (χ2n) is 7.73. The standard InChI is InChI=1S/C25H18F4N2O6/c1-30-22(32)20-16-8-15(13-7-17(24(33)34)23(35-2)31-10-13)18(36-11-25(27,28)29)9-19(16)37-21(20)12-3-5-14(26)6-4-12/h3-10H,11H2,1-2H3,(H,30,32)(H,33,34). The van der Waals surface area contributed by atoms with E-state index in [0.717, 1.165) is 18.2 Å². The smallest absolute Gasteiger partial charge is 0.422 e. The van der Waals surface area contributed by atoms with E-state index in [1.807, 2.05) is 0 Å². The number of carbonyl (C=O) groups excluding carboxylic acids is 1. The van der Waals surface area contributed by atoms with Gasteiger partial charge in [-0.25, -0.2) is 14.2 Å². The highest BCUT2D eigenvalue weighted by Gasteiger charge is 2.30. The van der Waals surface area contributed by atoms with Gasteiger partial charge in [-0.3, -0.25) is 4.79 Å². The lowest BCUT2D eigenvalue weighted by molar-refractivity contribution is -0.153. The van der Waals surface area contributed by atoms with Crippen molar-refractivity contribution in [3.63, 3.8) is 0 Å². The molecule has 0 aliphatic carbocycles. The second-order valence-corrected chi connectivity index (χ2v) is 7.73. The first-order valence-corrected chi connectivity index (χ1v) is 10.6. The minimum absolute atomic E-state index is 0.0128. The lowest BCUT2D eigenvalue weighted by Crippen LogP contribution is -2.19. The summed E-state index contributed by atoms with van der Waals surface area (Å²) in [6.07, 6.45) is -3.47. The Kier molecular flexibility index (Phi) is 6.75. The molecule has 2 aromatic carbocycles. The molecule has 192 valence electrons. The van der Waals surface area contributed by atoms with E-state index in [2.05, 4.69) is 10.3 Å². The molecular weight excluding hydrogens is 500 g/mol. The molecule has 2 heterocycles. The van der Waals surface area contributed by atoms with Gasteiger partial charge in [0.2, 0.25) is 5.88 Å². The van der Waals surface area contributed by atoms with E-state index in [-0.39, 0.29) is 50.6 Å². The molecular formula is C25H18F4N2O6. The fraction of sp³-hybridized carbons (Fsp3) is 0.160. The molecule has 0 atom stereocenters. The quantitative estimate of drug-likeness (QED) is 0.319. The predicted octanol–water partition coefficient (Wildman–Crippen LogP) is 5.31. The summed E-state index contributed by atoms with van der Waals surface area (Å²) in [5.74, 6) is -2.93. The summed E-state index contributed by atoms with van der Waals surface area (Å²) >= 11 is 0. The number of nitrogens with zero attached hydrogens (tertiary/aromatic N) is 1. The number of hydrogen-bond donors (Lipinski definition) is 2.